The van der Waals surface area contributed by atoms with Gasteiger partial charge in [0.2, 0.25) is 6.33 Å². The molecule has 0 saturated heterocycles. The van der Waals surface area contributed by atoms with Gasteiger partial charge in [0.25, 0.3) is 0 Å². The third kappa shape index (κ3) is 32.6. The van der Waals surface area contributed by atoms with E-state index in [-0.39, 0.29) is 0 Å². The fourth-order valence-corrected chi connectivity index (χ4v) is 1.71. The summed E-state index contributed by atoms with van der Waals surface area (Å²) in [5.74, 6) is 0. The van der Waals surface area contributed by atoms with Gasteiger partial charge in [-0.25, -0.2) is 39.3 Å². The third-order valence-electron chi connectivity index (χ3n) is 2.59. The molecule has 136 valence electrons. The first kappa shape index (κ1) is 27.7. The minimum Gasteiger partial charge on any atom is -0.396 e. The van der Waals surface area contributed by atoms with E-state index in [0.29, 0.717) is 0 Å². The lowest BCUT2D eigenvalue weighted by Crippen LogP contribution is -2.23. The average Bonchev–Trinajstić information content (AvgIpc) is 2.77. The zero-order valence-electron chi connectivity index (χ0n) is 13.4. The Morgan fingerprint density at radius 2 is 1.48 bits per heavy atom. The minimum atomic E-state index is -2.60. The van der Waals surface area contributed by atoms with Gasteiger partial charge in [0.05, 0.1) is 13.6 Å². The molecule has 0 spiro atoms. The number of rotatable bonds is 7. The van der Waals surface area contributed by atoms with E-state index in [9.17, 15) is 0 Å². The molecular weight excluding hydrogens is 519 g/mol. The molecule has 1 aromatic rings. The van der Waals surface area contributed by atoms with Gasteiger partial charge in [-0.3, -0.25) is 0 Å². The highest BCUT2D eigenvalue weighted by Crippen LogP contribution is 2.25. The number of aryl methyl sites for hydroxylation is 2. The van der Waals surface area contributed by atoms with Gasteiger partial charge in [0.1, 0.15) is 12.4 Å². The van der Waals surface area contributed by atoms with Crippen LogP contribution in [0.1, 0.15) is 45.4 Å². The Hall–Kier alpha value is 2.49. The number of hydrogen-bond acceptors (Lipinski definition) is 0. The molecule has 0 aliphatic heterocycles. The van der Waals surface area contributed by atoms with Crippen molar-refractivity contribution in [1.29, 1.82) is 0 Å². The van der Waals surface area contributed by atoms with Crippen LogP contribution in [-0.2, 0) is 13.6 Å². The van der Waals surface area contributed by atoms with Crippen LogP contribution in [-0.4, -0.2) is 24.4 Å². The minimum absolute atomic E-state index is 1.17. The second-order valence-electron chi connectivity index (χ2n) is 4.83. The SMILES string of the molecule is CCCCCCCCn1cc[n+](C)c1.[Cl][Al-]([Cl])([Cl])[Br].[Cl][Al]([Cl])[Cl]. The molecule has 0 fully saturated rings. The third-order valence-corrected chi connectivity index (χ3v) is 2.59. The van der Waals surface area contributed by atoms with Crippen LogP contribution < -0.4 is 4.57 Å². The predicted octanol–water partition coefficient (Wildman–Crippen LogP) is 6.89. The fraction of sp³-hybridized carbons (Fsp3) is 0.750. The van der Waals surface area contributed by atoms with Gasteiger partial charge in [0.15, 0.2) is 0 Å². The highest BCUT2D eigenvalue weighted by molar-refractivity contribution is 9.30. The lowest BCUT2D eigenvalue weighted by molar-refractivity contribution is -0.671. The molecule has 0 saturated carbocycles. The Labute approximate surface area is 179 Å². The second kappa shape index (κ2) is 17.9. The Bertz CT molecular complexity index is 368. The number of hydrogen-bond donors (Lipinski definition) is 0. The van der Waals surface area contributed by atoms with E-state index in [4.69, 9.17) is 60.3 Å². The summed E-state index contributed by atoms with van der Waals surface area (Å²) in [7, 11) is 29.7. The first-order chi connectivity index (χ1) is 10.6. The van der Waals surface area contributed by atoms with Crippen LogP contribution in [0, 0.1) is 0 Å². The van der Waals surface area contributed by atoms with Gasteiger partial charge in [-0.05, 0) is 12.8 Å². The topological polar surface area (TPSA) is 8.81 Å². The lowest BCUT2D eigenvalue weighted by atomic mass is 10.1. The van der Waals surface area contributed by atoms with Gasteiger partial charge in [0, 0.05) is 0 Å². The highest BCUT2D eigenvalue weighted by Gasteiger charge is 2.13. The van der Waals surface area contributed by atoms with E-state index < -0.39 is 19.9 Å². The van der Waals surface area contributed by atoms with Crippen molar-refractivity contribution in [3.05, 3.63) is 18.7 Å². The Morgan fingerprint density at radius 1 is 1.04 bits per heavy atom. The summed E-state index contributed by atoms with van der Waals surface area (Å²) >= 11 is 1.12. The number of unbranched alkanes of at least 4 members (excludes halogenated alkanes) is 5. The van der Waals surface area contributed by atoms with E-state index >= 15 is 0 Å². The highest BCUT2D eigenvalue weighted by atomic mass is 79.9. The average molecular weight is 542 g/mol. The van der Waals surface area contributed by atoms with E-state index in [0.717, 1.165) is 0 Å². The Balaban J connectivity index is 0. The molecule has 1 aromatic heterocycles. The number of nitrogens with zero attached hydrogens (tertiary/aromatic N) is 2. The monoisotopic (exact) mass is 538 g/mol. The molecule has 0 aromatic carbocycles. The molecule has 0 aliphatic rings. The van der Waals surface area contributed by atoms with Gasteiger partial charge in [-0.15, -0.1) is 0 Å². The van der Waals surface area contributed by atoms with Crippen LogP contribution in [0.4, 0.5) is 0 Å². The molecule has 11 heteroatoms. The molecule has 0 unspecified atom stereocenters. The molecule has 0 N–H and O–H groups in total. The van der Waals surface area contributed by atoms with Crippen molar-refractivity contribution >= 4 is 94.2 Å². The van der Waals surface area contributed by atoms with Crippen molar-refractivity contribution < 1.29 is 4.57 Å². The molecular formula is C12H23Al2BrCl6N2. The molecule has 1 rings (SSSR count). The second-order valence-corrected chi connectivity index (χ2v) is 29.0. The molecule has 2 nitrogen and oxygen atoms in total. The van der Waals surface area contributed by atoms with Crippen LogP contribution >= 0.6 is 74.3 Å². The molecule has 23 heavy (non-hydrogen) atoms. The molecule has 0 bridgehead atoms. The zero-order chi connectivity index (χ0) is 18.3. The predicted molar refractivity (Wildman–Crippen MR) is 115 cm³/mol. The first-order valence-electron chi connectivity index (χ1n) is 7.36. The summed E-state index contributed by atoms with van der Waals surface area (Å²) in [5, 5.41) is 0. The van der Waals surface area contributed by atoms with E-state index in [1.807, 2.05) is 0 Å². The maximum Gasteiger partial charge on any atom is 0.643 e. The number of aromatic nitrogens is 2. The smallest absolute Gasteiger partial charge is 0.396 e. The van der Waals surface area contributed by atoms with Gasteiger partial charge >= 0.3 is 19.9 Å². The standard InChI is InChI=1S/C12H23N2.2Al.BrH.6ClH/c1-3-4-5-6-7-8-9-14-11-10-13(2)12-14;;;;;;;;;/h10-12H,3-9H2,1-2H3;;;7*1H/q+1;2*+3;;;;;;;/p-7. The molecule has 0 amide bonds. The van der Waals surface area contributed by atoms with Crippen molar-refractivity contribution in [3.8, 4) is 0 Å². The van der Waals surface area contributed by atoms with Gasteiger partial charge < -0.3 is 44.2 Å². The number of halogens is 7. The van der Waals surface area contributed by atoms with Crippen LogP contribution in [0.25, 0.3) is 0 Å². The lowest BCUT2D eigenvalue weighted by Gasteiger charge is -1.98. The largest absolute Gasteiger partial charge is 0.643 e. The molecule has 1 heterocycles. The Kier molecular flexibility index (Phi) is 21.6. The van der Waals surface area contributed by atoms with Crippen molar-refractivity contribution in [2.75, 3.05) is 0 Å². The summed E-state index contributed by atoms with van der Waals surface area (Å²) in [6, 6.07) is 0. The summed E-state index contributed by atoms with van der Waals surface area (Å²) < 4.78 is 4.36. The van der Waals surface area contributed by atoms with Crippen LogP contribution in [0.5, 0.6) is 0 Å². The summed E-state index contributed by atoms with van der Waals surface area (Å²) in [6.07, 6.45) is 14.6. The normalized spacial score (nSPS) is 10.3. The first-order valence-corrected chi connectivity index (χ1v) is 21.0. The van der Waals surface area contributed by atoms with E-state index in [2.05, 4.69) is 55.9 Å². The van der Waals surface area contributed by atoms with Crippen molar-refractivity contribution in [3.63, 3.8) is 0 Å². The van der Waals surface area contributed by atoms with Crippen molar-refractivity contribution in [1.82, 2.24) is 4.57 Å². The maximum absolute atomic E-state index is 5.14. The fourth-order valence-electron chi connectivity index (χ4n) is 1.71. The molecule has 0 radical (unpaired) electrons. The van der Waals surface area contributed by atoms with Gasteiger partial charge in [-0.1, -0.05) is 32.6 Å². The quantitative estimate of drug-likeness (QED) is 0.202. The van der Waals surface area contributed by atoms with Crippen LogP contribution in [0.15, 0.2) is 18.7 Å². The van der Waals surface area contributed by atoms with Crippen LogP contribution in [0.2, 0.25) is 0 Å². The van der Waals surface area contributed by atoms with Crippen LogP contribution in [0.3, 0.4) is 0 Å². The zero-order valence-corrected chi connectivity index (χ0v) is 21.8. The Morgan fingerprint density at radius 3 is 1.87 bits per heavy atom. The summed E-state index contributed by atoms with van der Waals surface area (Å²) in [5.41, 5.74) is 0. The molecule has 0 atom stereocenters. The summed E-state index contributed by atoms with van der Waals surface area (Å²) in [4.78, 5) is 0. The summed E-state index contributed by atoms with van der Waals surface area (Å²) in [6.45, 7) is 3.44. The van der Waals surface area contributed by atoms with Gasteiger partial charge in [-0.2, -0.15) is 0 Å². The van der Waals surface area contributed by atoms with E-state index in [1.165, 1.54) is 45.1 Å². The molecule has 0 aliphatic carbocycles. The van der Waals surface area contributed by atoms with Crippen molar-refractivity contribution in [2.45, 2.75) is 52.0 Å². The van der Waals surface area contributed by atoms with Crippen molar-refractivity contribution in [2.24, 2.45) is 7.05 Å². The number of imidazole rings is 1. The van der Waals surface area contributed by atoms with E-state index in [1.54, 1.807) is 0 Å². The maximum atomic E-state index is 5.14.